The Morgan fingerprint density at radius 3 is 2.33 bits per heavy atom. The predicted octanol–water partition coefficient (Wildman–Crippen LogP) is 3.12. The van der Waals surface area contributed by atoms with Gasteiger partial charge in [0.05, 0.1) is 0 Å². The Hall–Kier alpha value is -2.29. The number of carbonyl (C=O) groups excluding carboxylic acids is 2. The molecule has 1 fully saturated rings. The van der Waals surface area contributed by atoms with E-state index in [9.17, 15) is 22.8 Å². The van der Waals surface area contributed by atoms with Crippen LogP contribution in [0.5, 0.6) is 5.75 Å². The van der Waals surface area contributed by atoms with E-state index in [4.69, 9.17) is 4.74 Å². The molecule has 0 bridgehead atoms. The topological polar surface area (TPSA) is 59.1 Å². The van der Waals surface area contributed by atoms with Crippen molar-refractivity contribution in [2.45, 2.75) is 32.2 Å². The molecule has 9 heteroatoms. The molecule has 27 heavy (non-hydrogen) atoms. The number of rotatable bonds is 8. The highest BCUT2D eigenvalue weighted by atomic mass is 19.4. The second-order valence-electron chi connectivity index (χ2n) is 6.18. The van der Waals surface area contributed by atoms with Crippen LogP contribution in [0.1, 0.15) is 24.8 Å². The van der Waals surface area contributed by atoms with Crippen molar-refractivity contribution < 1.29 is 32.2 Å². The summed E-state index contributed by atoms with van der Waals surface area (Å²) in [6, 6.07) is 5.20. The number of halogens is 3. The predicted molar refractivity (Wildman–Crippen MR) is 90.9 cm³/mol. The molecule has 1 aromatic rings. The standard InChI is InChI=1S/C18H22F3N2O4/c19-18(20,21)27-16-6-4-15(5-7-16)14-26-17(25)23-11-9-22(10-12-23)8-2-1-3-13-24/h4-7H,1-3,8-12,14H2. The second kappa shape index (κ2) is 10.1. The lowest BCUT2D eigenvalue weighted by Crippen LogP contribution is -2.48. The molecule has 0 aromatic heterocycles. The molecule has 1 amide bonds. The van der Waals surface area contributed by atoms with E-state index in [1.807, 2.05) is 6.29 Å². The number of unbranched alkanes of at least 4 members (excludes halogenated alkanes) is 2. The molecule has 1 aliphatic rings. The smallest absolute Gasteiger partial charge is 0.445 e. The fourth-order valence-corrected chi connectivity index (χ4v) is 2.71. The molecule has 0 spiro atoms. The number of hydrogen-bond acceptors (Lipinski definition) is 5. The molecule has 1 saturated heterocycles. The lowest BCUT2D eigenvalue weighted by Gasteiger charge is -2.34. The molecule has 149 valence electrons. The molecule has 1 aliphatic heterocycles. The van der Waals surface area contributed by atoms with Gasteiger partial charge in [-0.1, -0.05) is 12.1 Å². The number of hydrogen-bond donors (Lipinski definition) is 0. The fraction of sp³-hybridized carbons (Fsp3) is 0.556. The van der Waals surface area contributed by atoms with Crippen LogP contribution >= 0.6 is 0 Å². The summed E-state index contributed by atoms with van der Waals surface area (Å²) in [6.07, 6.45) is -1.11. The molecule has 1 heterocycles. The molecule has 2 rings (SSSR count). The third-order valence-electron chi connectivity index (χ3n) is 4.15. The molecule has 6 nitrogen and oxygen atoms in total. The van der Waals surface area contributed by atoms with Crippen molar-refractivity contribution in [2.24, 2.45) is 0 Å². The minimum atomic E-state index is -4.73. The van der Waals surface area contributed by atoms with Crippen molar-refractivity contribution in [1.82, 2.24) is 9.80 Å². The van der Waals surface area contributed by atoms with Crippen molar-refractivity contribution in [2.75, 3.05) is 32.7 Å². The van der Waals surface area contributed by atoms with Crippen LogP contribution in [0.3, 0.4) is 0 Å². The Balaban J connectivity index is 1.68. The van der Waals surface area contributed by atoms with Gasteiger partial charge in [-0.05, 0) is 37.1 Å². The van der Waals surface area contributed by atoms with Crippen molar-refractivity contribution in [3.63, 3.8) is 0 Å². The van der Waals surface area contributed by atoms with Gasteiger partial charge in [0.1, 0.15) is 12.4 Å². The number of nitrogens with zero attached hydrogens (tertiary/aromatic N) is 2. The van der Waals surface area contributed by atoms with Gasteiger partial charge in [-0.15, -0.1) is 13.2 Å². The van der Waals surface area contributed by atoms with Crippen LogP contribution in [-0.4, -0.2) is 61.3 Å². The maximum absolute atomic E-state index is 12.1. The molecule has 0 saturated carbocycles. The van der Waals surface area contributed by atoms with Crippen LogP contribution < -0.4 is 4.74 Å². The van der Waals surface area contributed by atoms with Gasteiger partial charge in [0, 0.05) is 32.6 Å². The maximum Gasteiger partial charge on any atom is 0.573 e. The molecular formula is C18H22F3N2O4. The third-order valence-corrected chi connectivity index (χ3v) is 4.15. The summed E-state index contributed by atoms with van der Waals surface area (Å²) in [5.74, 6) is -0.320. The van der Waals surface area contributed by atoms with Crippen molar-refractivity contribution in [1.29, 1.82) is 0 Å². The van der Waals surface area contributed by atoms with E-state index in [-0.39, 0.29) is 12.4 Å². The zero-order valence-corrected chi connectivity index (χ0v) is 14.8. The summed E-state index contributed by atoms with van der Waals surface area (Å²) < 4.78 is 45.4. The summed E-state index contributed by atoms with van der Waals surface area (Å²) >= 11 is 0. The maximum atomic E-state index is 12.1. The van der Waals surface area contributed by atoms with Crippen LogP contribution in [0.15, 0.2) is 24.3 Å². The van der Waals surface area contributed by atoms with E-state index in [0.29, 0.717) is 25.1 Å². The summed E-state index contributed by atoms with van der Waals surface area (Å²) in [5.41, 5.74) is 0.573. The first-order valence-electron chi connectivity index (χ1n) is 8.71. The molecule has 0 aliphatic carbocycles. The second-order valence-corrected chi connectivity index (χ2v) is 6.18. The van der Waals surface area contributed by atoms with Gasteiger partial charge >= 0.3 is 12.5 Å². The van der Waals surface area contributed by atoms with Crippen LogP contribution in [0, 0.1) is 0 Å². The molecule has 0 unspecified atom stereocenters. The SMILES string of the molecule is O=[C]CCCCN1CCN(C(=O)OCc2ccc(OC(F)(F)F)cc2)CC1. The molecule has 1 radical (unpaired) electrons. The van der Waals surface area contributed by atoms with E-state index in [2.05, 4.69) is 9.64 Å². The third kappa shape index (κ3) is 7.86. The van der Waals surface area contributed by atoms with Crippen LogP contribution in [0.25, 0.3) is 0 Å². The van der Waals surface area contributed by atoms with Crippen molar-refractivity contribution in [3.8, 4) is 5.75 Å². The van der Waals surface area contributed by atoms with Gasteiger partial charge < -0.3 is 14.4 Å². The summed E-state index contributed by atoms with van der Waals surface area (Å²) in [7, 11) is 0. The fourth-order valence-electron chi connectivity index (χ4n) is 2.71. The van der Waals surface area contributed by atoms with Crippen LogP contribution in [0.2, 0.25) is 0 Å². The minimum absolute atomic E-state index is 0.0203. The van der Waals surface area contributed by atoms with Gasteiger partial charge in [-0.25, -0.2) is 4.79 Å². The van der Waals surface area contributed by atoms with Gasteiger partial charge in [0.15, 0.2) is 6.29 Å². The zero-order chi connectivity index (χ0) is 19.7. The Kier molecular flexibility index (Phi) is 7.90. The van der Waals surface area contributed by atoms with E-state index in [0.717, 1.165) is 32.5 Å². The van der Waals surface area contributed by atoms with Crippen molar-refractivity contribution >= 4 is 12.4 Å². The summed E-state index contributed by atoms with van der Waals surface area (Å²) in [4.78, 5) is 26.1. The number of amides is 1. The van der Waals surface area contributed by atoms with E-state index in [1.165, 1.54) is 24.3 Å². The normalized spacial score (nSPS) is 15.4. The average Bonchev–Trinajstić information content (AvgIpc) is 2.64. The number of ether oxygens (including phenoxy) is 2. The first-order chi connectivity index (χ1) is 12.9. The zero-order valence-electron chi connectivity index (χ0n) is 14.8. The number of benzene rings is 1. The number of alkyl halides is 3. The van der Waals surface area contributed by atoms with Gasteiger partial charge in [0.2, 0.25) is 0 Å². The molecular weight excluding hydrogens is 365 g/mol. The highest BCUT2D eigenvalue weighted by Crippen LogP contribution is 2.23. The van der Waals surface area contributed by atoms with Gasteiger partial charge in [-0.3, -0.25) is 9.69 Å². The number of piperazine rings is 1. The highest BCUT2D eigenvalue weighted by molar-refractivity contribution is 5.67. The van der Waals surface area contributed by atoms with Gasteiger partial charge in [-0.2, -0.15) is 0 Å². The van der Waals surface area contributed by atoms with E-state index in [1.54, 1.807) is 4.90 Å². The van der Waals surface area contributed by atoms with E-state index >= 15 is 0 Å². The van der Waals surface area contributed by atoms with Crippen LogP contribution in [-0.2, 0) is 16.1 Å². The molecule has 0 N–H and O–H groups in total. The molecule has 0 atom stereocenters. The lowest BCUT2D eigenvalue weighted by atomic mass is 10.2. The summed E-state index contributed by atoms with van der Waals surface area (Å²) in [5, 5.41) is 0. The molecule has 1 aromatic carbocycles. The van der Waals surface area contributed by atoms with Crippen LogP contribution in [0.4, 0.5) is 18.0 Å². The monoisotopic (exact) mass is 387 g/mol. The average molecular weight is 387 g/mol. The largest absolute Gasteiger partial charge is 0.573 e. The minimum Gasteiger partial charge on any atom is -0.445 e. The van der Waals surface area contributed by atoms with Gasteiger partial charge in [0.25, 0.3) is 0 Å². The Labute approximate surface area is 155 Å². The Morgan fingerprint density at radius 2 is 1.74 bits per heavy atom. The quantitative estimate of drug-likeness (QED) is 0.642. The number of carbonyl (C=O) groups is 1. The first kappa shape index (κ1) is 21.0. The summed E-state index contributed by atoms with van der Waals surface area (Å²) in [6.45, 7) is 3.45. The highest BCUT2D eigenvalue weighted by Gasteiger charge is 2.31. The Morgan fingerprint density at radius 1 is 1.07 bits per heavy atom. The Bertz CT molecular complexity index is 600. The lowest BCUT2D eigenvalue weighted by molar-refractivity contribution is -0.274. The van der Waals surface area contributed by atoms with E-state index < -0.39 is 12.5 Å². The first-order valence-corrected chi connectivity index (χ1v) is 8.71. The van der Waals surface area contributed by atoms with Crippen molar-refractivity contribution in [3.05, 3.63) is 29.8 Å².